The average Bonchev–Trinajstić information content (AvgIpc) is 2.88. The van der Waals surface area contributed by atoms with Crippen molar-refractivity contribution in [2.45, 2.75) is 32.1 Å². The second kappa shape index (κ2) is 10.9. The number of para-hydroxylation sites is 1. The highest BCUT2D eigenvalue weighted by atomic mass is 16.2. The zero-order chi connectivity index (χ0) is 23.0. The molecule has 2 saturated heterocycles. The number of hydrogen-bond acceptors (Lipinski definition) is 3. The van der Waals surface area contributed by atoms with Gasteiger partial charge in [-0.1, -0.05) is 42.5 Å². The van der Waals surface area contributed by atoms with Gasteiger partial charge in [-0.2, -0.15) is 0 Å². The van der Waals surface area contributed by atoms with Gasteiger partial charge in [-0.25, -0.2) is 0 Å². The predicted molar refractivity (Wildman–Crippen MR) is 130 cm³/mol. The predicted octanol–water partition coefficient (Wildman–Crippen LogP) is 4.20. The van der Waals surface area contributed by atoms with Crippen LogP contribution in [0.3, 0.4) is 0 Å². The summed E-state index contributed by atoms with van der Waals surface area (Å²) >= 11 is 0. The van der Waals surface area contributed by atoms with Gasteiger partial charge >= 0.3 is 0 Å². The molecule has 6 nitrogen and oxygen atoms in total. The molecule has 0 bridgehead atoms. The molecule has 0 aliphatic carbocycles. The number of carbonyl (C=O) groups is 3. The quantitative estimate of drug-likeness (QED) is 0.701. The van der Waals surface area contributed by atoms with Crippen molar-refractivity contribution in [2.75, 3.05) is 31.5 Å². The minimum absolute atomic E-state index is 0.0174. The summed E-state index contributed by atoms with van der Waals surface area (Å²) in [4.78, 5) is 42.1. The van der Waals surface area contributed by atoms with Crippen LogP contribution in [0.15, 0.2) is 60.7 Å². The maximum absolute atomic E-state index is 13.0. The monoisotopic (exact) mass is 445 g/mol. The number of benzene rings is 2. The lowest BCUT2D eigenvalue weighted by Gasteiger charge is -2.31. The fraction of sp³-hybridized carbons (Fsp3) is 0.370. The number of amides is 3. The Morgan fingerprint density at radius 1 is 0.788 bits per heavy atom. The van der Waals surface area contributed by atoms with Gasteiger partial charge in [0.2, 0.25) is 11.8 Å². The number of piperidine rings is 2. The van der Waals surface area contributed by atoms with E-state index in [0.29, 0.717) is 37.2 Å². The van der Waals surface area contributed by atoms with E-state index in [1.807, 2.05) is 53.4 Å². The van der Waals surface area contributed by atoms with E-state index in [4.69, 9.17) is 0 Å². The first-order valence-corrected chi connectivity index (χ1v) is 11.8. The number of carbonyl (C=O) groups excluding carboxylic acids is 3. The van der Waals surface area contributed by atoms with Gasteiger partial charge in [-0.05, 0) is 55.9 Å². The third-order valence-corrected chi connectivity index (χ3v) is 6.45. The molecule has 0 radical (unpaired) electrons. The van der Waals surface area contributed by atoms with Crippen molar-refractivity contribution < 1.29 is 14.4 Å². The second-order valence-corrected chi connectivity index (χ2v) is 8.73. The number of hydrogen-bond donors (Lipinski definition) is 1. The first-order chi connectivity index (χ1) is 16.1. The number of anilines is 1. The van der Waals surface area contributed by atoms with Gasteiger partial charge in [0.25, 0.3) is 5.91 Å². The zero-order valence-corrected chi connectivity index (χ0v) is 18.9. The Labute approximate surface area is 195 Å². The molecule has 1 N–H and O–H groups in total. The van der Waals surface area contributed by atoms with Crippen LogP contribution in [0, 0.1) is 5.92 Å². The molecule has 2 fully saturated rings. The van der Waals surface area contributed by atoms with Crippen molar-refractivity contribution in [3.63, 3.8) is 0 Å². The SMILES string of the molecule is O=C(Nc1ccccc1C(=O)N1CCCCC1)C1CCN(C(=O)C=Cc2ccccc2)CC1. The average molecular weight is 446 g/mol. The van der Waals surface area contributed by atoms with Gasteiger partial charge in [-0.15, -0.1) is 0 Å². The fourth-order valence-electron chi connectivity index (χ4n) is 4.48. The van der Waals surface area contributed by atoms with Crippen molar-refractivity contribution in [1.82, 2.24) is 9.80 Å². The molecule has 0 aromatic heterocycles. The first-order valence-electron chi connectivity index (χ1n) is 11.8. The summed E-state index contributed by atoms with van der Waals surface area (Å²) in [5.74, 6) is -0.308. The van der Waals surface area contributed by atoms with Crippen LogP contribution in [-0.2, 0) is 9.59 Å². The Morgan fingerprint density at radius 2 is 1.45 bits per heavy atom. The molecule has 4 rings (SSSR count). The minimum atomic E-state index is -0.176. The van der Waals surface area contributed by atoms with Crippen LogP contribution in [-0.4, -0.2) is 53.7 Å². The molecule has 6 heteroatoms. The number of nitrogens with zero attached hydrogens (tertiary/aromatic N) is 2. The molecule has 0 atom stereocenters. The molecule has 0 spiro atoms. The van der Waals surface area contributed by atoms with Crippen molar-refractivity contribution in [3.8, 4) is 0 Å². The Hall–Kier alpha value is -3.41. The highest BCUT2D eigenvalue weighted by Gasteiger charge is 2.28. The lowest BCUT2D eigenvalue weighted by Crippen LogP contribution is -2.41. The van der Waals surface area contributed by atoms with Gasteiger partial charge in [-0.3, -0.25) is 14.4 Å². The molecule has 2 aromatic carbocycles. The molecular formula is C27H31N3O3. The van der Waals surface area contributed by atoms with Gasteiger partial charge in [0.15, 0.2) is 0 Å². The molecule has 2 heterocycles. The topological polar surface area (TPSA) is 69.7 Å². The first kappa shape index (κ1) is 22.8. The molecule has 0 saturated carbocycles. The molecule has 2 aliphatic rings. The van der Waals surface area contributed by atoms with Crippen molar-refractivity contribution in [2.24, 2.45) is 5.92 Å². The summed E-state index contributed by atoms with van der Waals surface area (Å²) in [7, 11) is 0. The lowest BCUT2D eigenvalue weighted by atomic mass is 9.95. The van der Waals surface area contributed by atoms with E-state index < -0.39 is 0 Å². The van der Waals surface area contributed by atoms with E-state index >= 15 is 0 Å². The summed E-state index contributed by atoms with van der Waals surface area (Å²) in [6.07, 6.45) is 7.84. The van der Waals surface area contributed by atoms with E-state index in [0.717, 1.165) is 37.9 Å². The minimum Gasteiger partial charge on any atom is -0.339 e. The molecule has 2 aliphatic heterocycles. The Kier molecular flexibility index (Phi) is 7.55. The largest absolute Gasteiger partial charge is 0.339 e. The van der Waals surface area contributed by atoms with Gasteiger partial charge in [0.1, 0.15) is 0 Å². The lowest BCUT2D eigenvalue weighted by molar-refractivity contribution is -0.130. The summed E-state index contributed by atoms with van der Waals surface area (Å²) in [6.45, 7) is 2.63. The summed E-state index contributed by atoms with van der Waals surface area (Å²) in [5, 5.41) is 2.99. The Morgan fingerprint density at radius 3 is 2.18 bits per heavy atom. The van der Waals surface area contributed by atoms with Gasteiger partial charge in [0.05, 0.1) is 11.3 Å². The van der Waals surface area contributed by atoms with Crippen LogP contribution in [0.1, 0.15) is 48.0 Å². The molecule has 33 heavy (non-hydrogen) atoms. The number of nitrogens with one attached hydrogen (secondary N) is 1. The van der Waals surface area contributed by atoms with Crippen LogP contribution in [0.25, 0.3) is 6.08 Å². The summed E-state index contributed by atoms with van der Waals surface area (Å²) in [5.41, 5.74) is 2.10. The Bertz CT molecular complexity index is 1000. The standard InChI is InChI=1S/C27H31N3O3/c31-25(14-13-21-9-3-1-4-10-21)29-19-15-22(16-20-29)26(32)28-24-12-6-5-11-23(24)27(33)30-17-7-2-8-18-30/h1,3-6,9-14,22H,2,7-8,15-20H2,(H,28,32). The molecule has 2 aromatic rings. The molecular weight excluding hydrogens is 414 g/mol. The van der Waals surface area contributed by atoms with E-state index in [2.05, 4.69) is 5.32 Å². The van der Waals surface area contributed by atoms with E-state index in [9.17, 15) is 14.4 Å². The molecule has 0 unspecified atom stereocenters. The third-order valence-electron chi connectivity index (χ3n) is 6.45. The van der Waals surface area contributed by atoms with Crippen molar-refractivity contribution in [1.29, 1.82) is 0 Å². The smallest absolute Gasteiger partial charge is 0.255 e. The van der Waals surface area contributed by atoms with Crippen LogP contribution >= 0.6 is 0 Å². The van der Waals surface area contributed by atoms with Crippen molar-refractivity contribution in [3.05, 3.63) is 71.8 Å². The van der Waals surface area contributed by atoms with E-state index in [1.165, 1.54) is 0 Å². The van der Waals surface area contributed by atoms with E-state index in [-0.39, 0.29) is 23.6 Å². The van der Waals surface area contributed by atoms with Crippen molar-refractivity contribution >= 4 is 29.5 Å². The normalized spacial score (nSPS) is 17.2. The van der Waals surface area contributed by atoms with E-state index in [1.54, 1.807) is 23.1 Å². The second-order valence-electron chi connectivity index (χ2n) is 8.73. The van der Waals surface area contributed by atoms with Crippen LogP contribution < -0.4 is 5.32 Å². The number of likely N-dealkylation sites (tertiary alicyclic amines) is 2. The Balaban J connectivity index is 1.32. The highest BCUT2D eigenvalue weighted by Crippen LogP contribution is 2.23. The molecule has 172 valence electrons. The van der Waals surface area contributed by atoms with Crippen LogP contribution in [0.2, 0.25) is 0 Å². The maximum Gasteiger partial charge on any atom is 0.255 e. The number of rotatable bonds is 5. The summed E-state index contributed by atoms with van der Waals surface area (Å²) < 4.78 is 0. The van der Waals surface area contributed by atoms with Crippen LogP contribution in [0.5, 0.6) is 0 Å². The maximum atomic E-state index is 13.0. The fourth-order valence-corrected chi connectivity index (χ4v) is 4.48. The highest BCUT2D eigenvalue weighted by molar-refractivity contribution is 6.04. The third kappa shape index (κ3) is 5.89. The van der Waals surface area contributed by atoms with Crippen LogP contribution in [0.4, 0.5) is 5.69 Å². The molecule has 3 amide bonds. The zero-order valence-electron chi connectivity index (χ0n) is 18.9. The van der Waals surface area contributed by atoms with Gasteiger partial charge in [0, 0.05) is 38.2 Å². The summed E-state index contributed by atoms with van der Waals surface area (Å²) in [6, 6.07) is 17.0. The van der Waals surface area contributed by atoms with Gasteiger partial charge < -0.3 is 15.1 Å².